The first-order valence-electron chi connectivity index (χ1n) is 17.9. The normalized spacial score (nSPS) is 15.7. The molecule has 0 saturated carbocycles. The Hall–Kier alpha value is -6.89. The topological polar surface area (TPSA) is 67.1 Å². The van der Waals surface area contributed by atoms with Crippen molar-refractivity contribution in [3.8, 4) is 28.2 Å². The summed E-state index contributed by atoms with van der Waals surface area (Å²) in [5, 5.41) is 11.9. The Kier molecular flexibility index (Phi) is 7.59. The molecule has 6 nitrogen and oxygen atoms in total. The Balaban J connectivity index is 1.06. The van der Waals surface area contributed by atoms with Crippen molar-refractivity contribution in [1.29, 1.82) is 0 Å². The van der Waals surface area contributed by atoms with Gasteiger partial charge in [-0.05, 0) is 51.2 Å². The molecule has 2 aromatic heterocycles. The lowest BCUT2D eigenvalue weighted by Gasteiger charge is -2.32. The minimum atomic E-state index is -0.179. The average Bonchev–Trinajstić information content (AvgIpc) is 3.66. The molecule has 1 aliphatic rings. The van der Waals surface area contributed by atoms with Gasteiger partial charge in [-0.3, -0.25) is 14.9 Å². The van der Waals surface area contributed by atoms with Crippen molar-refractivity contribution in [1.82, 2.24) is 25.2 Å². The van der Waals surface area contributed by atoms with Gasteiger partial charge in [0.25, 0.3) is 0 Å². The summed E-state index contributed by atoms with van der Waals surface area (Å²) in [6, 6.07) is 59.4. The summed E-state index contributed by atoms with van der Waals surface area (Å²) in [6.07, 6.45) is 3.54. The second-order valence-corrected chi connectivity index (χ2v) is 13.4. The van der Waals surface area contributed by atoms with Gasteiger partial charge in [-0.1, -0.05) is 152 Å². The fraction of sp³-hybridized carbons (Fsp3) is 0.0426. The fourth-order valence-electron chi connectivity index (χ4n) is 7.60. The van der Waals surface area contributed by atoms with Crippen LogP contribution in [-0.4, -0.2) is 20.4 Å². The van der Waals surface area contributed by atoms with Crippen LogP contribution in [-0.2, 0) is 0 Å². The molecular formula is C47H34N6. The number of nitrogens with zero attached hydrogens (tertiary/aromatic N) is 4. The van der Waals surface area contributed by atoms with E-state index in [2.05, 4.69) is 160 Å². The zero-order chi connectivity index (χ0) is 35.1. The molecule has 0 saturated heterocycles. The van der Waals surface area contributed by atoms with Gasteiger partial charge in [0.2, 0.25) is 0 Å². The molecule has 0 aliphatic carbocycles. The fourth-order valence-corrected chi connectivity index (χ4v) is 7.60. The molecule has 6 heteroatoms. The number of aliphatic imine (C=N–C) groups is 1. The number of rotatable bonds is 6. The van der Waals surface area contributed by atoms with Crippen LogP contribution in [0.25, 0.3) is 60.8 Å². The van der Waals surface area contributed by atoms with Crippen LogP contribution in [0.3, 0.4) is 0 Å². The van der Waals surface area contributed by atoms with Crippen molar-refractivity contribution < 1.29 is 0 Å². The number of nitrogens with one attached hydrogen (secondary N) is 2. The van der Waals surface area contributed by atoms with E-state index in [9.17, 15) is 0 Å². The zero-order valence-corrected chi connectivity index (χ0v) is 28.8. The summed E-state index contributed by atoms with van der Waals surface area (Å²) in [5.74, 6) is 1.77. The highest BCUT2D eigenvalue weighted by Gasteiger charge is 2.25. The Morgan fingerprint density at radius 1 is 0.509 bits per heavy atom. The first kappa shape index (κ1) is 30.9. The van der Waals surface area contributed by atoms with Gasteiger partial charge in [0, 0.05) is 40.0 Å². The van der Waals surface area contributed by atoms with E-state index in [1.54, 1.807) is 0 Å². The quantitative estimate of drug-likeness (QED) is 0.171. The molecular weight excluding hydrogens is 649 g/mol. The summed E-state index contributed by atoms with van der Waals surface area (Å²) >= 11 is 0. The van der Waals surface area contributed by atoms with Gasteiger partial charge in [-0.25, -0.2) is 9.98 Å². The molecule has 252 valence electrons. The van der Waals surface area contributed by atoms with Crippen LogP contribution < -0.4 is 10.6 Å². The van der Waals surface area contributed by atoms with Crippen molar-refractivity contribution in [2.24, 2.45) is 4.99 Å². The van der Waals surface area contributed by atoms with Crippen LogP contribution >= 0.6 is 0 Å². The molecule has 0 spiro atoms. The standard InChI is InChI=1S/C47H34N6/c1-4-13-32(14-5-1)44-50-45(33-15-6-2-7-16-33)52-46(51-44)34-25-23-31(24-26-34)36-19-12-20-37(29-36)53-43-41-30-48-28-27-39(41)38-21-10-11-22-40(38)42(43)49-47(53)35-17-8-3-9-18-35/h1-30,44,46,51H,(H,50,52). The highest BCUT2D eigenvalue weighted by Crippen LogP contribution is 2.39. The monoisotopic (exact) mass is 682 g/mol. The van der Waals surface area contributed by atoms with Crippen molar-refractivity contribution >= 4 is 38.4 Å². The third-order valence-corrected chi connectivity index (χ3v) is 10.2. The molecule has 9 aromatic rings. The van der Waals surface area contributed by atoms with Gasteiger partial charge in [0.15, 0.2) is 0 Å². The second kappa shape index (κ2) is 13.0. The second-order valence-electron chi connectivity index (χ2n) is 13.4. The summed E-state index contributed by atoms with van der Waals surface area (Å²) < 4.78 is 2.31. The number of fused-ring (bicyclic) bond motifs is 6. The first-order valence-corrected chi connectivity index (χ1v) is 17.9. The van der Waals surface area contributed by atoms with Gasteiger partial charge < -0.3 is 5.32 Å². The number of hydrogen-bond donors (Lipinski definition) is 2. The smallest absolute Gasteiger partial charge is 0.145 e. The Morgan fingerprint density at radius 2 is 1.17 bits per heavy atom. The van der Waals surface area contributed by atoms with E-state index in [0.29, 0.717) is 0 Å². The maximum absolute atomic E-state index is 5.37. The van der Waals surface area contributed by atoms with Crippen molar-refractivity contribution in [3.05, 3.63) is 199 Å². The summed E-state index contributed by atoms with van der Waals surface area (Å²) in [6.45, 7) is 0. The molecule has 0 radical (unpaired) electrons. The summed E-state index contributed by atoms with van der Waals surface area (Å²) in [5.41, 5.74) is 9.68. The minimum absolute atomic E-state index is 0.129. The number of benzene rings is 7. The van der Waals surface area contributed by atoms with Crippen LogP contribution in [0.2, 0.25) is 0 Å². The van der Waals surface area contributed by atoms with Crippen LogP contribution in [0.5, 0.6) is 0 Å². The maximum Gasteiger partial charge on any atom is 0.145 e. The highest BCUT2D eigenvalue weighted by atomic mass is 15.3. The van der Waals surface area contributed by atoms with Crippen LogP contribution in [0.1, 0.15) is 29.0 Å². The predicted molar refractivity (Wildman–Crippen MR) is 216 cm³/mol. The van der Waals surface area contributed by atoms with E-state index < -0.39 is 0 Å². The Bertz CT molecular complexity index is 2770. The number of amidine groups is 1. The van der Waals surface area contributed by atoms with Crippen molar-refractivity contribution in [2.45, 2.75) is 12.3 Å². The third-order valence-electron chi connectivity index (χ3n) is 10.2. The number of hydrogen-bond acceptors (Lipinski definition) is 5. The molecule has 2 unspecified atom stereocenters. The largest absolute Gasteiger partial charge is 0.350 e. The molecule has 2 N–H and O–H groups in total. The van der Waals surface area contributed by atoms with Crippen LogP contribution in [0.15, 0.2) is 187 Å². The average molecular weight is 683 g/mol. The Morgan fingerprint density at radius 3 is 1.94 bits per heavy atom. The van der Waals surface area contributed by atoms with E-state index in [1.807, 2.05) is 42.7 Å². The summed E-state index contributed by atoms with van der Waals surface area (Å²) in [4.78, 5) is 15.0. The maximum atomic E-state index is 5.37. The Labute approximate surface area is 307 Å². The summed E-state index contributed by atoms with van der Waals surface area (Å²) in [7, 11) is 0. The number of aromatic nitrogens is 3. The van der Waals surface area contributed by atoms with Gasteiger partial charge >= 0.3 is 0 Å². The first-order chi connectivity index (χ1) is 26.3. The number of pyridine rings is 1. The van der Waals surface area contributed by atoms with Gasteiger partial charge in [-0.2, -0.15) is 0 Å². The molecule has 1 aliphatic heterocycles. The number of imidazole rings is 1. The lowest BCUT2D eigenvalue weighted by atomic mass is 10.0. The molecule has 0 bridgehead atoms. The molecule has 7 aromatic carbocycles. The SMILES string of the molecule is c1ccc(C2=NC(c3ccccc3)NC(c3ccc(-c4cccc(-n5c(-c6ccccc6)nc6c7ccccc7c7ccncc7c65)c4)cc3)N2)cc1. The molecule has 0 amide bonds. The lowest BCUT2D eigenvalue weighted by Crippen LogP contribution is -2.44. The molecule has 53 heavy (non-hydrogen) atoms. The van der Waals surface area contributed by atoms with E-state index in [4.69, 9.17) is 9.98 Å². The highest BCUT2D eigenvalue weighted by molar-refractivity contribution is 6.24. The van der Waals surface area contributed by atoms with E-state index in [-0.39, 0.29) is 12.3 Å². The van der Waals surface area contributed by atoms with Gasteiger partial charge in [0.05, 0.1) is 11.0 Å². The molecule has 10 rings (SSSR count). The molecule has 3 heterocycles. The van der Waals surface area contributed by atoms with Crippen LogP contribution in [0.4, 0.5) is 0 Å². The van der Waals surface area contributed by atoms with Crippen molar-refractivity contribution in [3.63, 3.8) is 0 Å². The predicted octanol–water partition coefficient (Wildman–Crippen LogP) is 10.4. The zero-order valence-electron chi connectivity index (χ0n) is 28.8. The van der Waals surface area contributed by atoms with Crippen LogP contribution in [0, 0.1) is 0 Å². The van der Waals surface area contributed by atoms with E-state index in [0.717, 1.165) is 77.9 Å². The van der Waals surface area contributed by atoms with Gasteiger partial charge in [-0.15, -0.1) is 0 Å². The van der Waals surface area contributed by atoms with E-state index in [1.165, 1.54) is 5.39 Å². The molecule has 2 atom stereocenters. The minimum Gasteiger partial charge on any atom is -0.350 e. The molecule has 0 fully saturated rings. The van der Waals surface area contributed by atoms with Gasteiger partial charge in [0.1, 0.15) is 24.0 Å². The van der Waals surface area contributed by atoms with E-state index >= 15 is 0 Å². The van der Waals surface area contributed by atoms with Crippen molar-refractivity contribution in [2.75, 3.05) is 0 Å². The third kappa shape index (κ3) is 5.53. The lowest BCUT2D eigenvalue weighted by molar-refractivity contribution is 0.409.